The Kier molecular flexibility index (Phi) is 6.97. The third-order valence-electron chi connectivity index (χ3n) is 8.11. The quantitative estimate of drug-likeness (QED) is 0.443. The van der Waals surface area contributed by atoms with Crippen molar-refractivity contribution < 1.29 is 23.9 Å². The molecule has 39 heavy (non-hydrogen) atoms. The third kappa shape index (κ3) is 5.35. The SMILES string of the molecule is CCOC(=O)C1CN(C(=O)Cc2c[nH]c3cc(Cl)ccc23)CC2CN(C(=O)c3ccc(OC4CC4)cc3)CC21. The molecule has 6 rings (SSSR count). The summed E-state index contributed by atoms with van der Waals surface area (Å²) >= 11 is 6.11. The maximum atomic E-state index is 13.5. The van der Waals surface area contributed by atoms with Gasteiger partial charge in [0.2, 0.25) is 5.91 Å². The average Bonchev–Trinajstić information content (AvgIpc) is 3.50. The summed E-state index contributed by atoms with van der Waals surface area (Å²) in [6, 6.07) is 12.8. The molecule has 1 aliphatic carbocycles. The number of piperidine rings is 1. The molecule has 2 amide bonds. The van der Waals surface area contributed by atoms with E-state index in [1.165, 1.54) is 0 Å². The van der Waals surface area contributed by atoms with Gasteiger partial charge in [0.05, 0.1) is 25.0 Å². The Hall–Kier alpha value is -3.52. The first kappa shape index (κ1) is 25.7. The number of nitrogens with one attached hydrogen (secondary N) is 1. The first-order chi connectivity index (χ1) is 18.9. The summed E-state index contributed by atoms with van der Waals surface area (Å²) in [4.78, 5) is 46.7. The number of carbonyl (C=O) groups is 3. The fraction of sp³-hybridized carbons (Fsp3) is 0.433. The fourth-order valence-corrected chi connectivity index (χ4v) is 6.13. The van der Waals surface area contributed by atoms with Crippen LogP contribution in [0.1, 0.15) is 35.7 Å². The van der Waals surface area contributed by atoms with E-state index in [1.807, 2.05) is 41.4 Å². The Morgan fingerprint density at radius 2 is 1.77 bits per heavy atom. The van der Waals surface area contributed by atoms with Crippen LogP contribution in [0.15, 0.2) is 48.7 Å². The lowest BCUT2D eigenvalue weighted by Gasteiger charge is -2.39. The number of halogens is 1. The van der Waals surface area contributed by atoms with E-state index in [4.69, 9.17) is 21.1 Å². The lowest BCUT2D eigenvalue weighted by atomic mass is 9.79. The molecule has 1 N–H and O–H groups in total. The Bertz CT molecular complexity index is 1400. The van der Waals surface area contributed by atoms with Crippen LogP contribution in [0.3, 0.4) is 0 Å². The minimum atomic E-state index is -0.471. The standard InChI is InChI=1S/C30H32ClN3O5/c1-2-38-30(37)26-17-33(28(35)11-19-13-32-27-12-21(31)5-10-24(19)27)14-20-15-34(16-25(20)26)29(36)18-3-6-22(7-4-18)39-23-8-9-23/h3-7,10,12-13,20,23,25-26,32H,2,8-9,11,14-17H2,1H3. The van der Waals surface area contributed by atoms with Crippen LogP contribution < -0.4 is 4.74 Å². The van der Waals surface area contributed by atoms with Gasteiger partial charge in [0.15, 0.2) is 0 Å². The maximum Gasteiger partial charge on any atom is 0.311 e. The highest BCUT2D eigenvalue weighted by Gasteiger charge is 2.48. The molecular formula is C30H32ClN3O5. The molecule has 0 radical (unpaired) electrons. The topological polar surface area (TPSA) is 91.9 Å². The molecule has 2 aliphatic heterocycles. The number of aromatic nitrogens is 1. The van der Waals surface area contributed by atoms with Crippen LogP contribution >= 0.6 is 11.6 Å². The molecule has 9 heteroatoms. The van der Waals surface area contributed by atoms with Crippen molar-refractivity contribution in [3.63, 3.8) is 0 Å². The maximum absolute atomic E-state index is 13.5. The molecule has 204 valence electrons. The van der Waals surface area contributed by atoms with Crippen LogP contribution in [0.2, 0.25) is 5.02 Å². The van der Waals surface area contributed by atoms with Gasteiger partial charge < -0.3 is 24.3 Å². The number of hydrogen-bond donors (Lipinski definition) is 1. The van der Waals surface area contributed by atoms with Crippen molar-refractivity contribution in [2.75, 3.05) is 32.8 Å². The van der Waals surface area contributed by atoms with Crippen molar-refractivity contribution in [3.8, 4) is 5.75 Å². The van der Waals surface area contributed by atoms with E-state index >= 15 is 0 Å². The van der Waals surface area contributed by atoms with E-state index < -0.39 is 5.92 Å². The summed E-state index contributed by atoms with van der Waals surface area (Å²) in [5.41, 5.74) is 2.36. The van der Waals surface area contributed by atoms with E-state index in [1.54, 1.807) is 24.0 Å². The highest BCUT2D eigenvalue weighted by molar-refractivity contribution is 6.31. The smallest absolute Gasteiger partial charge is 0.311 e. The number of nitrogens with zero attached hydrogens (tertiary/aromatic N) is 2. The van der Waals surface area contributed by atoms with Gasteiger partial charge in [-0.3, -0.25) is 14.4 Å². The lowest BCUT2D eigenvalue weighted by Crippen LogP contribution is -2.51. The molecular weight excluding hydrogens is 518 g/mol. The van der Waals surface area contributed by atoms with E-state index in [-0.39, 0.29) is 42.6 Å². The van der Waals surface area contributed by atoms with Gasteiger partial charge in [-0.2, -0.15) is 0 Å². The molecule has 2 aromatic carbocycles. The molecule has 8 nitrogen and oxygen atoms in total. The molecule has 3 unspecified atom stereocenters. The molecule has 3 aromatic rings. The Morgan fingerprint density at radius 1 is 1.00 bits per heavy atom. The Morgan fingerprint density at radius 3 is 2.51 bits per heavy atom. The van der Waals surface area contributed by atoms with Crippen molar-refractivity contribution >= 4 is 40.3 Å². The molecule has 0 bridgehead atoms. The van der Waals surface area contributed by atoms with Gasteiger partial charge in [0.25, 0.3) is 5.91 Å². The van der Waals surface area contributed by atoms with Gasteiger partial charge in [-0.25, -0.2) is 0 Å². The third-order valence-corrected chi connectivity index (χ3v) is 8.34. The summed E-state index contributed by atoms with van der Waals surface area (Å²) in [7, 11) is 0. The van der Waals surface area contributed by atoms with Crippen LogP contribution in [0, 0.1) is 17.8 Å². The van der Waals surface area contributed by atoms with Crippen LogP contribution in [-0.4, -0.2) is 71.5 Å². The number of esters is 1. The van der Waals surface area contributed by atoms with E-state index in [0.717, 1.165) is 35.1 Å². The Labute approximate surface area is 232 Å². The molecule has 3 heterocycles. The average molecular weight is 550 g/mol. The van der Waals surface area contributed by atoms with Gasteiger partial charge in [-0.15, -0.1) is 0 Å². The summed E-state index contributed by atoms with van der Waals surface area (Å²) < 4.78 is 11.2. The lowest BCUT2D eigenvalue weighted by molar-refractivity contribution is -0.154. The number of carbonyl (C=O) groups excluding carboxylic acids is 3. The van der Waals surface area contributed by atoms with Crippen LogP contribution in [0.5, 0.6) is 5.75 Å². The van der Waals surface area contributed by atoms with E-state index in [0.29, 0.717) is 42.9 Å². The van der Waals surface area contributed by atoms with Gasteiger partial charge in [-0.05, 0) is 73.6 Å². The first-order valence-corrected chi connectivity index (χ1v) is 14.0. The van der Waals surface area contributed by atoms with E-state index in [9.17, 15) is 14.4 Å². The normalized spacial score (nSPS) is 22.6. The molecule has 3 atom stereocenters. The van der Waals surface area contributed by atoms with Crippen LogP contribution in [0.4, 0.5) is 0 Å². The number of benzene rings is 2. The molecule has 0 spiro atoms. The van der Waals surface area contributed by atoms with Gasteiger partial charge in [0.1, 0.15) is 5.75 Å². The second kappa shape index (κ2) is 10.6. The van der Waals surface area contributed by atoms with Gasteiger partial charge in [-0.1, -0.05) is 17.7 Å². The highest BCUT2D eigenvalue weighted by Crippen LogP contribution is 2.37. The number of fused-ring (bicyclic) bond motifs is 2. The minimum Gasteiger partial charge on any atom is -0.490 e. The number of rotatable bonds is 7. The second-order valence-electron chi connectivity index (χ2n) is 10.8. The first-order valence-electron chi connectivity index (χ1n) is 13.7. The predicted molar refractivity (Wildman–Crippen MR) is 147 cm³/mol. The Balaban J connectivity index is 1.17. The summed E-state index contributed by atoms with van der Waals surface area (Å²) in [5, 5.41) is 1.58. The van der Waals surface area contributed by atoms with Crippen molar-refractivity contribution in [2.24, 2.45) is 17.8 Å². The number of aromatic amines is 1. The fourth-order valence-electron chi connectivity index (χ4n) is 5.96. The summed E-state index contributed by atoms with van der Waals surface area (Å²) in [6.07, 6.45) is 4.51. The number of amides is 2. The minimum absolute atomic E-state index is 0.000282. The van der Waals surface area contributed by atoms with Crippen molar-refractivity contribution in [2.45, 2.75) is 32.3 Å². The molecule has 3 fully saturated rings. The number of hydrogen-bond acceptors (Lipinski definition) is 5. The molecule has 3 aliphatic rings. The molecule has 2 saturated heterocycles. The monoisotopic (exact) mass is 549 g/mol. The summed E-state index contributed by atoms with van der Waals surface area (Å²) in [5.74, 6) is -0.164. The van der Waals surface area contributed by atoms with Gasteiger partial charge in [0, 0.05) is 53.9 Å². The summed E-state index contributed by atoms with van der Waals surface area (Å²) in [6.45, 7) is 3.82. The zero-order chi connectivity index (χ0) is 27.1. The molecule has 1 aromatic heterocycles. The van der Waals surface area contributed by atoms with Crippen molar-refractivity contribution in [1.29, 1.82) is 0 Å². The van der Waals surface area contributed by atoms with Crippen LogP contribution in [-0.2, 0) is 20.7 Å². The second-order valence-corrected chi connectivity index (χ2v) is 11.2. The van der Waals surface area contributed by atoms with Gasteiger partial charge >= 0.3 is 5.97 Å². The predicted octanol–water partition coefficient (Wildman–Crippen LogP) is 4.31. The van der Waals surface area contributed by atoms with E-state index in [2.05, 4.69) is 4.98 Å². The zero-order valence-electron chi connectivity index (χ0n) is 21.9. The van der Waals surface area contributed by atoms with Crippen LogP contribution in [0.25, 0.3) is 10.9 Å². The zero-order valence-corrected chi connectivity index (χ0v) is 22.7. The highest BCUT2D eigenvalue weighted by atomic mass is 35.5. The largest absolute Gasteiger partial charge is 0.490 e. The number of likely N-dealkylation sites (tertiary alicyclic amines) is 2. The number of H-pyrrole nitrogens is 1. The molecule has 1 saturated carbocycles. The van der Waals surface area contributed by atoms with Crippen molar-refractivity contribution in [3.05, 3.63) is 64.8 Å². The van der Waals surface area contributed by atoms with Crippen molar-refractivity contribution in [1.82, 2.24) is 14.8 Å². The number of ether oxygens (including phenoxy) is 2.